The van der Waals surface area contributed by atoms with Crippen LogP contribution in [0.5, 0.6) is 5.88 Å². The minimum absolute atomic E-state index is 0.0704. The number of likely N-dealkylation sites (N-methyl/N-ethyl adjacent to an activating group) is 1. The Balaban J connectivity index is 1.83. The van der Waals surface area contributed by atoms with Gasteiger partial charge >= 0.3 is 0 Å². The Labute approximate surface area is 135 Å². The number of methoxy groups -OCH3 is 1. The first kappa shape index (κ1) is 16.7. The number of benzene rings is 1. The lowest BCUT2D eigenvalue weighted by molar-refractivity contribution is 0.0945. The number of carbonyl (C=O) groups is 1. The zero-order valence-electron chi connectivity index (χ0n) is 13.3. The molecule has 0 saturated carbocycles. The predicted molar refractivity (Wildman–Crippen MR) is 88.1 cm³/mol. The minimum Gasteiger partial charge on any atom is -0.480 e. The second-order valence-corrected chi connectivity index (χ2v) is 5.13. The molecule has 3 N–H and O–H groups in total. The van der Waals surface area contributed by atoms with E-state index in [4.69, 9.17) is 10.5 Å². The first-order valence-electron chi connectivity index (χ1n) is 7.27. The fraction of sp³-hybridized carbons (Fsp3) is 0.312. The number of nitrogens with zero attached hydrogens (tertiary/aromatic N) is 3. The average molecular weight is 315 g/mol. The van der Waals surface area contributed by atoms with Crippen molar-refractivity contribution in [2.75, 3.05) is 33.0 Å². The van der Waals surface area contributed by atoms with Crippen molar-refractivity contribution in [3.05, 3.63) is 47.7 Å². The highest BCUT2D eigenvalue weighted by atomic mass is 16.5. The van der Waals surface area contributed by atoms with Crippen molar-refractivity contribution in [1.29, 1.82) is 0 Å². The summed E-state index contributed by atoms with van der Waals surface area (Å²) in [4.78, 5) is 22.0. The lowest BCUT2D eigenvalue weighted by Gasteiger charge is -2.17. The van der Waals surface area contributed by atoms with E-state index in [-0.39, 0.29) is 23.3 Å². The molecule has 23 heavy (non-hydrogen) atoms. The van der Waals surface area contributed by atoms with Crippen molar-refractivity contribution in [3.8, 4) is 5.88 Å². The van der Waals surface area contributed by atoms with Crippen molar-refractivity contribution in [2.45, 2.75) is 6.54 Å². The average Bonchev–Trinajstić information content (AvgIpc) is 2.55. The summed E-state index contributed by atoms with van der Waals surface area (Å²) in [6.07, 6.45) is 1.37. The zero-order chi connectivity index (χ0) is 16.7. The summed E-state index contributed by atoms with van der Waals surface area (Å²) in [5.74, 6) is -0.0383. The van der Waals surface area contributed by atoms with Gasteiger partial charge < -0.3 is 20.7 Å². The lowest BCUT2D eigenvalue weighted by Crippen LogP contribution is -2.33. The number of ether oxygens (including phenoxy) is 1. The Morgan fingerprint density at radius 2 is 2.09 bits per heavy atom. The van der Waals surface area contributed by atoms with Crippen LogP contribution in [0.25, 0.3) is 0 Å². The van der Waals surface area contributed by atoms with Crippen LogP contribution in [0.4, 0.5) is 5.95 Å². The number of nitrogen functional groups attached to an aromatic ring is 1. The Morgan fingerprint density at radius 3 is 2.78 bits per heavy atom. The zero-order valence-corrected chi connectivity index (χ0v) is 13.3. The largest absolute Gasteiger partial charge is 0.480 e. The van der Waals surface area contributed by atoms with E-state index < -0.39 is 0 Å². The van der Waals surface area contributed by atoms with E-state index in [9.17, 15) is 4.79 Å². The van der Waals surface area contributed by atoms with Crippen LogP contribution in [-0.2, 0) is 6.54 Å². The van der Waals surface area contributed by atoms with Crippen molar-refractivity contribution in [2.24, 2.45) is 0 Å². The maximum Gasteiger partial charge on any atom is 0.258 e. The van der Waals surface area contributed by atoms with Gasteiger partial charge in [-0.25, -0.2) is 4.98 Å². The van der Waals surface area contributed by atoms with Gasteiger partial charge in [-0.15, -0.1) is 0 Å². The van der Waals surface area contributed by atoms with Crippen molar-refractivity contribution >= 4 is 11.9 Å². The number of nitrogens with two attached hydrogens (primary N) is 1. The van der Waals surface area contributed by atoms with Gasteiger partial charge in [-0.3, -0.25) is 4.79 Å². The van der Waals surface area contributed by atoms with E-state index in [1.54, 1.807) is 0 Å². The van der Waals surface area contributed by atoms with Gasteiger partial charge in [0.05, 0.1) is 7.11 Å². The molecule has 2 aromatic rings. The third kappa shape index (κ3) is 4.93. The highest BCUT2D eigenvalue weighted by Gasteiger charge is 2.14. The molecular formula is C16H21N5O2. The summed E-state index contributed by atoms with van der Waals surface area (Å²) in [7, 11) is 3.44. The molecule has 0 atom stereocenters. The van der Waals surface area contributed by atoms with E-state index in [1.165, 1.54) is 18.9 Å². The Bertz CT molecular complexity index is 648. The number of hydrogen-bond donors (Lipinski definition) is 2. The molecule has 0 unspecified atom stereocenters. The molecule has 0 bridgehead atoms. The molecule has 0 fully saturated rings. The van der Waals surface area contributed by atoms with Gasteiger partial charge in [-0.2, -0.15) is 4.98 Å². The second kappa shape index (κ2) is 8.09. The van der Waals surface area contributed by atoms with Gasteiger partial charge in [-0.05, 0) is 12.6 Å². The molecule has 0 radical (unpaired) electrons. The monoisotopic (exact) mass is 315 g/mol. The van der Waals surface area contributed by atoms with Gasteiger partial charge in [-0.1, -0.05) is 30.3 Å². The molecule has 1 amide bonds. The molecule has 0 saturated heterocycles. The molecule has 1 heterocycles. The summed E-state index contributed by atoms with van der Waals surface area (Å²) in [6, 6.07) is 10.2. The molecule has 2 rings (SSSR count). The summed E-state index contributed by atoms with van der Waals surface area (Å²) >= 11 is 0. The molecule has 0 aliphatic rings. The molecular weight excluding hydrogens is 294 g/mol. The van der Waals surface area contributed by atoms with Gasteiger partial charge in [0.2, 0.25) is 11.8 Å². The van der Waals surface area contributed by atoms with E-state index in [0.29, 0.717) is 6.54 Å². The number of amides is 1. The maximum absolute atomic E-state index is 12.1. The van der Waals surface area contributed by atoms with E-state index >= 15 is 0 Å². The molecule has 0 spiro atoms. The topological polar surface area (TPSA) is 93.4 Å². The maximum atomic E-state index is 12.1. The van der Waals surface area contributed by atoms with Crippen LogP contribution in [0, 0.1) is 0 Å². The Morgan fingerprint density at radius 1 is 1.35 bits per heavy atom. The SMILES string of the molecule is COc1nc(N)ncc1C(=O)NCCN(C)Cc1ccccc1. The third-order valence-electron chi connectivity index (χ3n) is 3.28. The fourth-order valence-electron chi connectivity index (χ4n) is 2.12. The Kier molecular flexibility index (Phi) is 5.87. The van der Waals surface area contributed by atoms with Crippen LogP contribution in [0.15, 0.2) is 36.5 Å². The number of rotatable bonds is 7. The van der Waals surface area contributed by atoms with Gasteiger partial charge in [0.1, 0.15) is 5.56 Å². The Hall–Kier alpha value is -2.67. The molecule has 7 heteroatoms. The number of hydrogen-bond acceptors (Lipinski definition) is 6. The quantitative estimate of drug-likeness (QED) is 0.789. The molecule has 1 aromatic carbocycles. The second-order valence-electron chi connectivity index (χ2n) is 5.13. The van der Waals surface area contributed by atoms with Crippen LogP contribution in [-0.4, -0.2) is 48.0 Å². The van der Waals surface area contributed by atoms with Gasteiger partial charge in [0, 0.05) is 25.8 Å². The van der Waals surface area contributed by atoms with E-state index in [0.717, 1.165) is 13.1 Å². The normalized spacial score (nSPS) is 10.6. The lowest BCUT2D eigenvalue weighted by atomic mass is 10.2. The smallest absolute Gasteiger partial charge is 0.258 e. The molecule has 7 nitrogen and oxygen atoms in total. The van der Waals surface area contributed by atoms with Crippen LogP contribution in [0.3, 0.4) is 0 Å². The van der Waals surface area contributed by atoms with Crippen LogP contribution in [0.2, 0.25) is 0 Å². The number of carbonyl (C=O) groups excluding carboxylic acids is 1. The van der Waals surface area contributed by atoms with Crippen LogP contribution < -0.4 is 15.8 Å². The predicted octanol–water partition coefficient (Wildman–Crippen LogP) is 0.929. The van der Waals surface area contributed by atoms with Crippen LogP contribution in [0.1, 0.15) is 15.9 Å². The third-order valence-corrected chi connectivity index (χ3v) is 3.28. The summed E-state index contributed by atoms with van der Waals surface area (Å²) in [5.41, 5.74) is 6.98. The first-order valence-corrected chi connectivity index (χ1v) is 7.27. The van der Waals surface area contributed by atoms with Crippen LogP contribution >= 0.6 is 0 Å². The highest BCUT2D eigenvalue weighted by Crippen LogP contribution is 2.14. The molecule has 122 valence electrons. The number of nitrogens with one attached hydrogen (secondary N) is 1. The highest BCUT2D eigenvalue weighted by molar-refractivity contribution is 5.96. The minimum atomic E-state index is -0.282. The van der Waals surface area contributed by atoms with Gasteiger partial charge in [0.25, 0.3) is 5.91 Å². The summed E-state index contributed by atoms with van der Waals surface area (Å²) in [6.45, 7) is 2.06. The van der Waals surface area contributed by atoms with Crippen molar-refractivity contribution in [3.63, 3.8) is 0 Å². The molecule has 0 aliphatic carbocycles. The van der Waals surface area contributed by atoms with Crippen molar-refractivity contribution in [1.82, 2.24) is 20.2 Å². The van der Waals surface area contributed by atoms with Crippen molar-refractivity contribution < 1.29 is 9.53 Å². The first-order chi connectivity index (χ1) is 11.1. The van der Waals surface area contributed by atoms with Gasteiger partial charge in [0.15, 0.2) is 0 Å². The van der Waals surface area contributed by atoms with E-state index in [2.05, 4.69) is 32.3 Å². The summed E-state index contributed by atoms with van der Waals surface area (Å²) in [5, 5.41) is 2.83. The summed E-state index contributed by atoms with van der Waals surface area (Å²) < 4.78 is 5.05. The number of aromatic nitrogens is 2. The van der Waals surface area contributed by atoms with E-state index in [1.807, 2.05) is 25.2 Å². The number of anilines is 1. The molecule has 0 aliphatic heterocycles. The fourth-order valence-corrected chi connectivity index (χ4v) is 2.12. The molecule has 1 aromatic heterocycles. The standard InChI is InChI=1S/C16H21N5O2/c1-21(11-12-6-4-3-5-7-12)9-8-18-14(22)13-10-19-16(17)20-15(13)23-2/h3-7,10H,8-9,11H2,1-2H3,(H,18,22)(H2,17,19,20).